The molecule has 0 radical (unpaired) electrons. The lowest BCUT2D eigenvalue weighted by molar-refractivity contribution is 0.0549. The van der Waals surface area contributed by atoms with E-state index in [4.69, 9.17) is 14.2 Å². The first-order chi connectivity index (χ1) is 11.3. The summed E-state index contributed by atoms with van der Waals surface area (Å²) in [5.41, 5.74) is 0.0299. The highest BCUT2D eigenvalue weighted by Crippen LogP contribution is 2.36. The number of esters is 1. The van der Waals surface area contributed by atoms with Gasteiger partial charge in [-0.1, -0.05) is 38.0 Å². The van der Waals surface area contributed by atoms with Crippen molar-refractivity contribution in [2.45, 2.75) is 4.90 Å². The lowest BCUT2D eigenvalue weighted by Gasteiger charge is -2.16. The normalized spacial score (nSPS) is 10.5. The number of ether oxygens (including phenoxy) is 3. The van der Waals surface area contributed by atoms with Crippen LogP contribution in [0.2, 0.25) is 0 Å². The summed E-state index contributed by atoms with van der Waals surface area (Å²) < 4.78 is 40.0. The Hall–Kier alpha value is -2.54. The lowest BCUT2D eigenvalue weighted by Crippen LogP contribution is -2.11. The first-order valence-corrected chi connectivity index (χ1v) is 8.87. The molecule has 0 aromatic heterocycles. The Morgan fingerprint density at radius 3 is 2.17 bits per heavy atom. The summed E-state index contributed by atoms with van der Waals surface area (Å²) in [5.74, 6) is -0.580. The molecule has 0 bridgehead atoms. The number of carbonyl (C=O) groups excluding carboxylic acids is 1. The number of hydrogen-bond donors (Lipinski definition) is 0. The van der Waals surface area contributed by atoms with Crippen LogP contribution in [0.25, 0.3) is 0 Å². The highest BCUT2D eigenvalue weighted by Gasteiger charge is 2.23. The van der Waals surface area contributed by atoms with Gasteiger partial charge in [-0.3, -0.25) is 0 Å². The third kappa shape index (κ3) is 5.27. The van der Waals surface area contributed by atoms with Crippen LogP contribution >= 0.6 is 0 Å². The second-order valence-corrected chi connectivity index (χ2v) is 6.64. The van der Waals surface area contributed by atoms with Crippen molar-refractivity contribution in [2.75, 3.05) is 26.1 Å². The number of hydrogen-bond acceptors (Lipinski definition) is 6. The molecule has 0 saturated carbocycles. The molecule has 0 unspecified atom stereocenters. The molecule has 1 rings (SSSR count). The van der Waals surface area contributed by atoms with Crippen LogP contribution in [0.15, 0.2) is 55.0 Å². The average Bonchev–Trinajstić information content (AvgIpc) is 2.54. The van der Waals surface area contributed by atoms with Crippen LogP contribution in [0.4, 0.5) is 0 Å². The Bertz CT molecular complexity index is 734. The van der Waals surface area contributed by atoms with E-state index in [2.05, 4.69) is 19.7 Å². The van der Waals surface area contributed by atoms with E-state index in [0.29, 0.717) is 0 Å². The molecule has 0 spiro atoms. The maximum atomic E-state index is 12.1. The summed E-state index contributed by atoms with van der Waals surface area (Å²) in [6.07, 6.45) is 5.38. The molecule has 0 N–H and O–H groups in total. The van der Waals surface area contributed by atoms with E-state index >= 15 is 0 Å². The van der Waals surface area contributed by atoms with E-state index in [0.717, 1.165) is 6.26 Å². The first-order valence-electron chi connectivity index (χ1n) is 6.98. The molecule has 7 heteroatoms. The van der Waals surface area contributed by atoms with E-state index in [-0.39, 0.29) is 41.8 Å². The van der Waals surface area contributed by atoms with Crippen LogP contribution in [0.3, 0.4) is 0 Å². The standard InChI is InChI=1S/C17H20O6S/c1-5-8-21-14-11-13(17(18)23-10-7-3)12-15(24(4,19)20)16(14)22-9-6-2/h5-7,11-12H,1-3,8-10H2,4H3. The molecule has 0 heterocycles. The van der Waals surface area contributed by atoms with E-state index in [1.807, 2.05) is 0 Å². The molecule has 24 heavy (non-hydrogen) atoms. The fraction of sp³-hybridized carbons (Fsp3) is 0.235. The molecule has 0 amide bonds. The van der Waals surface area contributed by atoms with Gasteiger partial charge in [0.1, 0.15) is 24.7 Å². The van der Waals surface area contributed by atoms with Crippen molar-refractivity contribution in [1.82, 2.24) is 0 Å². The molecule has 6 nitrogen and oxygen atoms in total. The summed E-state index contributed by atoms with van der Waals surface area (Å²) in [6.45, 7) is 10.7. The summed E-state index contributed by atoms with van der Waals surface area (Å²) >= 11 is 0. The number of benzene rings is 1. The second-order valence-electron chi connectivity index (χ2n) is 4.66. The quantitative estimate of drug-likeness (QED) is 0.476. The Labute approximate surface area is 142 Å². The van der Waals surface area contributed by atoms with E-state index in [1.54, 1.807) is 0 Å². The minimum absolute atomic E-state index is 0.00457. The van der Waals surface area contributed by atoms with E-state index in [1.165, 1.54) is 30.4 Å². The highest BCUT2D eigenvalue weighted by molar-refractivity contribution is 7.90. The van der Waals surface area contributed by atoms with Gasteiger partial charge in [-0.2, -0.15) is 0 Å². The Balaban J connectivity index is 3.48. The summed E-state index contributed by atoms with van der Waals surface area (Å²) in [6, 6.07) is 2.56. The van der Waals surface area contributed by atoms with Gasteiger partial charge in [-0.25, -0.2) is 13.2 Å². The smallest absolute Gasteiger partial charge is 0.338 e. The number of carbonyl (C=O) groups is 1. The molecular weight excluding hydrogens is 332 g/mol. The van der Waals surface area contributed by atoms with Crippen molar-refractivity contribution in [3.63, 3.8) is 0 Å². The molecule has 0 saturated heterocycles. The van der Waals surface area contributed by atoms with Gasteiger partial charge in [-0.15, -0.1) is 0 Å². The first kappa shape index (κ1) is 19.5. The second kappa shape index (κ2) is 8.93. The van der Waals surface area contributed by atoms with Gasteiger partial charge in [0, 0.05) is 6.26 Å². The fourth-order valence-corrected chi connectivity index (χ4v) is 2.57. The molecule has 1 aromatic carbocycles. The van der Waals surface area contributed by atoms with Gasteiger partial charge in [0.15, 0.2) is 21.3 Å². The molecule has 0 aliphatic heterocycles. The molecule has 0 atom stereocenters. The topological polar surface area (TPSA) is 78.9 Å². The molecule has 0 aliphatic carbocycles. The SMILES string of the molecule is C=CCOC(=O)c1cc(OCC=C)c(OCC=C)c(S(C)(=O)=O)c1. The zero-order valence-corrected chi connectivity index (χ0v) is 14.3. The van der Waals surface area contributed by atoms with Gasteiger partial charge >= 0.3 is 5.97 Å². The zero-order chi connectivity index (χ0) is 18.2. The minimum Gasteiger partial charge on any atom is -0.486 e. The third-order valence-electron chi connectivity index (χ3n) is 2.69. The third-order valence-corrected chi connectivity index (χ3v) is 3.79. The lowest BCUT2D eigenvalue weighted by atomic mass is 10.2. The maximum Gasteiger partial charge on any atom is 0.338 e. The Kier molecular flexibility index (Phi) is 7.26. The monoisotopic (exact) mass is 352 g/mol. The molecule has 1 aromatic rings. The van der Waals surface area contributed by atoms with E-state index < -0.39 is 15.8 Å². The van der Waals surface area contributed by atoms with Crippen LogP contribution in [0, 0.1) is 0 Å². The molecule has 0 fully saturated rings. The van der Waals surface area contributed by atoms with Gasteiger partial charge in [-0.05, 0) is 12.1 Å². The maximum absolute atomic E-state index is 12.1. The molecule has 0 aliphatic rings. The van der Waals surface area contributed by atoms with Gasteiger partial charge in [0.25, 0.3) is 0 Å². The van der Waals surface area contributed by atoms with Crippen molar-refractivity contribution < 1.29 is 27.4 Å². The van der Waals surface area contributed by atoms with Crippen molar-refractivity contribution in [1.29, 1.82) is 0 Å². The largest absolute Gasteiger partial charge is 0.486 e. The van der Waals surface area contributed by atoms with Crippen LogP contribution < -0.4 is 9.47 Å². The average molecular weight is 352 g/mol. The fourth-order valence-electron chi connectivity index (χ4n) is 1.73. The van der Waals surface area contributed by atoms with Crippen LogP contribution in [0.5, 0.6) is 11.5 Å². The van der Waals surface area contributed by atoms with Crippen LogP contribution in [0.1, 0.15) is 10.4 Å². The highest BCUT2D eigenvalue weighted by atomic mass is 32.2. The van der Waals surface area contributed by atoms with Crippen LogP contribution in [-0.4, -0.2) is 40.5 Å². The summed E-state index contributed by atoms with van der Waals surface area (Å²) in [7, 11) is -3.68. The van der Waals surface area contributed by atoms with Crippen molar-refractivity contribution in [2.24, 2.45) is 0 Å². The molecular formula is C17H20O6S. The Morgan fingerprint density at radius 1 is 1.04 bits per heavy atom. The number of sulfone groups is 1. The predicted molar refractivity (Wildman–Crippen MR) is 91.4 cm³/mol. The van der Waals surface area contributed by atoms with Crippen molar-refractivity contribution in [3.8, 4) is 11.5 Å². The zero-order valence-electron chi connectivity index (χ0n) is 13.5. The van der Waals surface area contributed by atoms with Crippen LogP contribution in [-0.2, 0) is 14.6 Å². The van der Waals surface area contributed by atoms with Gasteiger partial charge in [0.05, 0.1) is 5.56 Å². The predicted octanol–water partition coefficient (Wildman–Crippen LogP) is 2.56. The van der Waals surface area contributed by atoms with Crippen molar-refractivity contribution >= 4 is 15.8 Å². The summed E-state index contributed by atoms with van der Waals surface area (Å²) in [5, 5.41) is 0. The Morgan fingerprint density at radius 2 is 1.62 bits per heavy atom. The van der Waals surface area contributed by atoms with Gasteiger partial charge in [0.2, 0.25) is 0 Å². The number of rotatable bonds is 10. The van der Waals surface area contributed by atoms with Crippen molar-refractivity contribution in [3.05, 3.63) is 55.7 Å². The minimum atomic E-state index is -3.68. The molecule has 130 valence electrons. The summed E-state index contributed by atoms with van der Waals surface area (Å²) in [4.78, 5) is 11.9. The van der Waals surface area contributed by atoms with E-state index in [9.17, 15) is 13.2 Å². The van der Waals surface area contributed by atoms with Gasteiger partial charge < -0.3 is 14.2 Å².